The Morgan fingerprint density at radius 3 is 2.67 bits per heavy atom. The molecule has 100 valence electrons. The molecule has 3 atom stereocenters. The second-order valence-corrected chi connectivity index (χ2v) is 6.35. The van der Waals surface area contributed by atoms with Crippen LogP contribution in [0.1, 0.15) is 51.1 Å². The van der Waals surface area contributed by atoms with E-state index in [9.17, 15) is 0 Å². The van der Waals surface area contributed by atoms with Crippen LogP contribution in [0.15, 0.2) is 18.2 Å². The molecule has 1 saturated carbocycles. The maximum atomic E-state index is 6.06. The summed E-state index contributed by atoms with van der Waals surface area (Å²) in [5.74, 6) is 0.845. The molecule has 3 unspecified atom stereocenters. The first-order chi connectivity index (χ1) is 8.56. The fourth-order valence-electron chi connectivity index (χ4n) is 2.82. The molecule has 0 aromatic heterocycles. The molecule has 1 nitrogen and oxygen atoms in total. The lowest BCUT2D eigenvalue weighted by Crippen LogP contribution is -2.35. The molecule has 18 heavy (non-hydrogen) atoms. The normalized spacial score (nSPS) is 26.0. The van der Waals surface area contributed by atoms with Crippen LogP contribution in [0, 0.1) is 5.92 Å². The Morgan fingerprint density at radius 1 is 1.22 bits per heavy atom. The van der Waals surface area contributed by atoms with Crippen molar-refractivity contribution in [1.82, 2.24) is 5.32 Å². The molecule has 1 N–H and O–H groups in total. The number of halogens is 2. The van der Waals surface area contributed by atoms with Gasteiger partial charge < -0.3 is 5.32 Å². The third kappa shape index (κ3) is 3.63. The molecule has 1 fully saturated rings. The molecule has 0 amide bonds. The maximum absolute atomic E-state index is 6.06. The van der Waals surface area contributed by atoms with Crippen molar-refractivity contribution in [2.45, 2.75) is 51.6 Å². The Kier molecular flexibility index (Phi) is 4.94. The Balaban J connectivity index is 1.98. The standard InChI is InChI=1S/C15H21Cl2N/c1-10-4-3-5-13(8-10)18-11(2)12-6-7-14(16)15(17)9-12/h6-7,9-11,13,18H,3-5,8H2,1-2H3. The summed E-state index contributed by atoms with van der Waals surface area (Å²) < 4.78 is 0. The zero-order valence-corrected chi connectivity index (χ0v) is 12.6. The van der Waals surface area contributed by atoms with E-state index >= 15 is 0 Å². The minimum atomic E-state index is 0.329. The largest absolute Gasteiger partial charge is 0.307 e. The smallest absolute Gasteiger partial charge is 0.0595 e. The van der Waals surface area contributed by atoms with E-state index in [0.717, 1.165) is 5.92 Å². The van der Waals surface area contributed by atoms with Crippen LogP contribution in [-0.4, -0.2) is 6.04 Å². The number of benzene rings is 1. The van der Waals surface area contributed by atoms with Crippen LogP contribution >= 0.6 is 23.2 Å². The molecule has 1 aliphatic rings. The van der Waals surface area contributed by atoms with Gasteiger partial charge in [0.15, 0.2) is 0 Å². The third-order valence-corrected chi connectivity index (χ3v) is 4.60. The van der Waals surface area contributed by atoms with E-state index < -0.39 is 0 Å². The topological polar surface area (TPSA) is 12.0 Å². The average Bonchev–Trinajstić information content (AvgIpc) is 2.32. The highest BCUT2D eigenvalue weighted by Gasteiger charge is 2.20. The van der Waals surface area contributed by atoms with Crippen molar-refractivity contribution >= 4 is 23.2 Å². The average molecular weight is 286 g/mol. The Morgan fingerprint density at radius 2 is 2.00 bits per heavy atom. The quantitative estimate of drug-likeness (QED) is 0.803. The van der Waals surface area contributed by atoms with E-state index in [2.05, 4.69) is 25.2 Å². The van der Waals surface area contributed by atoms with Crippen LogP contribution in [0.4, 0.5) is 0 Å². The van der Waals surface area contributed by atoms with Crippen molar-refractivity contribution in [2.75, 3.05) is 0 Å². The SMILES string of the molecule is CC1CCCC(NC(C)c2ccc(Cl)c(Cl)c2)C1. The molecule has 1 aromatic rings. The van der Waals surface area contributed by atoms with E-state index in [1.165, 1.54) is 31.2 Å². The summed E-state index contributed by atoms with van der Waals surface area (Å²) in [7, 11) is 0. The first kappa shape index (κ1) is 14.2. The van der Waals surface area contributed by atoms with Gasteiger partial charge in [0.05, 0.1) is 10.0 Å². The first-order valence-corrected chi connectivity index (χ1v) is 7.53. The number of rotatable bonds is 3. The van der Waals surface area contributed by atoms with Crippen molar-refractivity contribution in [1.29, 1.82) is 0 Å². The Hall–Kier alpha value is -0.240. The molecule has 0 spiro atoms. The van der Waals surface area contributed by atoms with Gasteiger partial charge in [-0.2, -0.15) is 0 Å². The minimum Gasteiger partial charge on any atom is -0.307 e. The van der Waals surface area contributed by atoms with E-state index in [0.29, 0.717) is 22.1 Å². The predicted molar refractivity (Wildman–Crippen MR) is 79.4 cm³/mol. The molecule has 3 heteroatoms. The Bertz CT molecular complexity index is 405. The van der Waals surface area contributed by atoms with Crippen molar-refractivity contribution in [2.24, 2.45) is 5.92 Å². The predicted octanol–water partition coefficient (Wildman–Crippen LogP) is 5.22. The highest BCUT2D eigenvalue weighted by atomic mass is 35.5. The highest BCUT2D eigenvalue weighted by molar-refractivity contribution is 6.42. The summed E-state index contributed by atoms with van der Waals surface area (Å²) >= 11 is 12.0. The van der Waals surface area contributed by atoms with Gasteiger partial charge in [-0.3, -0.25) is 0 Å². The van der Waals surface area contributed by atoms with Gasteiger partial charge in [-0.05, 0) is 43.4 Å². The van der Waals surface area contributed by atoms with Crippen molar-refractivity contribution < 1.29 is 0 Å². The molecule has 0 radical (unpaired) electrons. The van der Waals surface area contributed by atoms with Gasteiger partial charge in [0.2, 0.25) is 0 Å². The highest BCUT2D eigenvalue weighted by Crippen LogP contribution is 2.28. The number of hydrogen-bond donors (Lipinski definition) is 1. The van der Waals surface area contributed by atoms with Gasteiger partial charge in [0.25, 0.3) is 0 Å². The lowest BCUT2D eigenvalue weighted by atomic mass is 9.86. The molecular weight excluding hydrogens is 265 g/mol. The molecule has 0 saturated heterocycles. The van der Waals surface area contributed by atoms with Crippen LogP contribution in [0.5, 0.6) is 0 Å². The van der Waals surface area contributed by atoms with E-state index in [1.807, 2.05) is 12.1 Å². The van der Waals surface area contributed by atoms with Crippen molar-refractivity contribution in [3.63, 3.8) is 0 Å². The fourth-order valence-corrected chi connectivity index (χ4v) is 3.12. The fraction of sp³-hybridized carbons (Fsp3) is 0.600. The van der Waals surface area contributed by atoms with Crippen LogP contribution in [0.25, 0.3) is 0 Å². The summed E-state index contributed by atoms with van der Waals surface area (Å²) in [6, 6.07) is 6.86. The summed E-state index contributed by atoms with van der Waals surface area (Å²) in [6.45, 7) is 4.54. The van der Waals surface area contributed by atoms with Crippen LogP contribution in [-0.2, 0) is 0 Å². The van der Waals surface area contributed by atoms with Gasteiger partial charge >= 0.3 is 0 Å². The molecule has 2 rings (SSSR count). The maximum Gasteiger partial charge on any atom is 0.0595 e. The summed E-state index contributed by atoms with van der Waals surface area (Å²) in [5.41, 5.74) is 1.21. The van der Waals surface area contributed by atoms with Crippen LogP contribution < -0.4 is 5.32 Å². The van der Waals surface area contributed by atoms with Crippen molar-refractivity contribution in [3.05, 3.63) is 33.8 Å². The van der Waals surface area contributed by atoms with Gasteiger partial charge in [0.1, 0.15) is 0 Å². The molecular formula is C15H21Cl2N. The van der Waals surface area contributed by atoms with E-state index in [-0.39, 0.29) is 0 Å². The summed E-state index contributed by atoms with van der Waals surface area (Å²) in [5, 5.41) is 4.97. The lowest BCUT2D eigenvalue weighted by molar-refractivity contribution is 0.285. The molecule has 1 aromatic carbocycles. The Labute approximate surface area is 120 Å². The molecule has 1 aliphatic carbocycles. The van der Waals surface area contributed by atoms with Crippen LogP contribution in [0.3, 0.4) is 0 Å². The summed E-state index contributed by atoms with van der Waals surface area (Å²) in [4.78, 5) is 0. The van der Waals surface area contributed by atoms with Gasteiger partial charge in [-0.15, -0.1) is 0 Å². The third-order valence-electron chi connectivity index (χ3n) is 3.87. The zero-order valence-electron chi connectivity index (χ0n) is 11.0. The lowest BCUT2D eigenvalue weighted by Gasteiger charge is -2.30. The number of hydrogen-bond acceptors (Lipinski definition) is 1. The zero-order chi connectivity index (χ0) is 13.1. The monoisotopic (exact) mass is 285 g/mol. The van der Waals surface area contributed by atoms with E-state index in [1.54, 1.807) is 0 Å². The van der Waals surface area contributed by atoms with Crippen LogP contribution in [0.2, 0.25) is 10.0 Å². The van der Waals surface area contributed by atoms with Gasteiger partial charge in [-0.25, -0.2) is 0 Å². The van der Waals surface area contributed by atoms with E-state index in [4.69, 9.17) is 23.2 Å². The molecule has 0 heterocycles. The van der Waals surface area contributed by atoms with Crippen molar-refractivity contribution in [3.8, 4) is 0 Å². The number of nitrogens with one attached hydrogen (secondary N) is 1. The minimum absolute atomic E-state index is 0.329. The molecule has 0 aliphatic heterocycles. The second-order valence-electron chi connectivity index (χ2n) is 5.53. The van der Waals surface area contributed by atoms with Gasteiger partial charge in [0, 0.05) is 12.1 Å². The van der Waals surface area contributed by atoms with Gasteiger partial charge in [-0.1, -0.05) is 49.0 Å². The summed E-state index contributed by atoms with van der Waals surface area (Å²) in [6.07, 6.45) is 5.29. The molecule has 0 bridgehead atoms. The second kappa shape index (κ2) is 6.27. The first-order valence-electron chi connectivity index (χ1n) is 6.77.